The van der Waals surface area contributed by atoms with E-state index >= 15 is 0 Å². The highest BCUT2D eigenvalue weighted by Crippen LogP contribution is 2.34. The molecule has 0 bridgehead atoms. The molecule has 0 unspecified atom stereocenters. The minimum atomic E-state index is -2.42. The summed E-state index contributed by atoms with van der Waals surface area (Å²) in [6.45, 7) is 15.1. The molecule has 0 spiro atoms. The van der Waals surface area contributed by atoms with Crippen molar-refractivity contribution in [2.24, 2.45) is 0 Å². The Hall–Kier alpha value is -2.71. The standard InChI is InChI=1S/C27H36O4Si2/c1-27(2,21-9-13-24(14-10-21)29-32(4,5)6)22-11-15-25(16-12-22)30-33(7,8)31-26-19-17-23(28-3)18-20-26/h9-20H,1-8H3. The van der Waals surface area contributed by atoms with E-state index in [-0.39, 0.29) is 5.41 Å². The van der Waals surface area contributed by atoms with Gasteiger partial charge in [0.2, 0.25) is 8.32 Å². The Morgan fingerprint density at radius 3 is 1.21 bits per heavy atom. The first-order valence-corrected chi connectivity index (χ1v) is 17.5. The van der Waals surface area contributed by atoms with Crippen LogP contribution in [0.15, 0.2) is 72.8 Å². The number of hydrogen-bond acceptors (Lipinski definition) is 4. The van der Waals surface area contributed by atoms with Crippen LogP contribution in [0, 0.1) is 0 Å². The van der Waals surface area contributed by atoms with Gasteiger partial charge in [-0.15, -0.1) is 0 Å². The maximum Gasteiger partial charge on any atom is 0.454 e. The van der Waals surface area contributed by atoms with Gasteiger partial charge in [-0.25, -0.2) is 0 Å². The van der Waals surface area contributed by atoms with Crippen LogP contribution >= 0.6 is 0 Å². The molecule has 0 aliphatic carbocycles. The van der Waals surface area contributed by atoms with Crippen molar-refractivity contribution in [3.63, 3.8) is 0 Å². The molecular weight excluding hydrogens is 444 g/mol. The topological polar surface area (TPSA) is 36.9 Å². The van der Waals surface area contributed by atoms with Crippen molar-refractivity contribution in [1.29, 1.82) is 0 Å². The fourth-order valence-electron chi connectivity index (χ4n) is 3.63. The second-order valence-corrected chi connectivity index (χ2v) is 17.8. The molecule has 0 aromatic heterocycles. The van der Waals surface area contributed by atoms with Crippen molar-refractivity contribution < 1.29 is 18.0 Å². The zero-order valence-corrected chi connectivity index (χ0v) is 23.1. The molecule has 176 valence electrons. The molecule has 0 fully saturated rings. The highest BCUT2D eigenvalue weighted by molar-refractivity contribution is 6.70. The number of rotatable bonds is 9. The molecule has 0 saturated heterocycles. The molecule has 0 radical (unpaired) electrons. The monoisotopic (exact) mass is 480 g/mol. The van der Waals surface area contributed by atoms with Crippen LogP contribution in [0.4, 0.5) is 0 Å². The molecule has 3 aromatic carbocycles. The number of hydrogen-bond donors (Lipinski definition) is 0. The highest BCUT2D eigenvalue weighted by atomic mass is 28.4. The van der Waals surface area contributed by atoms with Crippen LogP contribution in [0.2, 0.25) is 32.7 Å². The second kappa shape index (κ2) is 9.65. The van der Waals surface area contributed by atoms with Gasteiger partial charge in [-0.3, -0.25) is 0 Å². The summed E-state index contributed by atoms with van der Waals surface area (Å²) in [5.41, 5.74) is 2.34. The number of methoxy groups -OCH3 is 1. The summed E-state index contributed by atoms with van der Waals surface area (Å²) in [4.78, 5) is 0. The predicted octanol–water partition coefficient (Wildman–Crippen LogP) is 7.39. The summed E-state index contributed by atoms with van der Waals surface area (Å²) in [5, 5.41) is 0. The quantitative estimate of drug-likeness (QED) is 0.299. The molecule has 0 aliphatic rings. The van der Waals surface area contributed by atoms with E-state index in [9.17, 15) is 0 Å². The second-order valence-electron chi connectivity index (χ2n) is 10.2. The third-order valence-electron chi connectivity index (χ3n) is 5.36. The summed E-state index contributed by atoms with van der Waals surface area (Å²) in [6, 6.07) is 24.4. The van der Waals surface area contributed by atoms with Crippen molar-refractivity contribution >= 4 is 16.9 Å². The predicted molar refractivity (Wildman–Crippen MR) is 141 cm³/mol. The van der Waals surface area contributed by atoms with Gasteiger partial charge in [-0.2, -0.15) is 0 Å². The van der Waals surface area contributed by atoms with Crippen LogP contribution in [0.3, 0.4) is 0 Å². The lowest BCUT2D eigenvalue weighted by atomic mass is 9.78. The molecule has 3 rings (SSSR count). The average Bonchev–Trinajstić information content (AvgIpc) is 2.73. The van der Waals surface area contributed by atoms with Crippen LogP contribution in [-0.2, 0) is 5.41 Å². The fourth-order valence-corrected chi connectivity index (χ4v) is 5.92. The molecule has 0 heterocycles. The lowest BCUT2D eigenvalue weighted by Gasteiger charge is -2.28. The van der Waals surface area contributed by atoms with Gasteiger partial charge in [0.1, 0.15) is 23.0 Å². The first-order chi connectivity index (χ1) is 15.4. The molecule has 0 aliphatic heterocycles. The van der Waals surface area contributed by atoms with E-state index in [1.807, 2.05) is 49.5 Å². The summed E-state index contributed by atoms with van der Waals surface area (Å²) in [7, 11) is -2.37. The van der Waals surface area contributed by atoms with Crippen molar-refractivity contribution in [2.45, 2.75) is 52.0 Å². The third-order valence-corrected chi connectivity index (χ3v) is 7.67. The molecular formula is C27H36O4Si2. The zero-order chi connectivity index (χ0) is 24.3. The Morgan fingerprint density at radius 2 is 0.848 bits per heavy atom. The van der Waals surface area contributed by atoms with Crippen LogP contribution in [0.5, 0.6) is 23.0 Å². The SMILES string of the molecule is COc1ccc(O[Si](C)(C)Oc2ccc(C(C)(C)c3ccc(O[Si](C)(C)C)cc3)cc2)cc1. The lowest BCUT2D eigenvalue weighted by Crippen LogP contribution is -2.41. The van der Waals surface area contributed by atoms with E-state index in [0.29, 0.717) is 0 Å². The van der Waals surface area contributed by atoms with Gasteiger partial charge in [0.25, 0.3) is 0 Å². The largest absolute Gasteiger partial charge is 0.544 e. The normalized spacial score (nSPS) is 12.2. The van der Waals surface area contributed by atoms with Gasteiger partial charge in [-0.1, -0.05) is 38.1 Å². The summed E-state index contributed by atoms with van der Waals surface area (Å²) < 4.78 is 23.7. The zero-order valence-electron chi connectivity index (χ0n) is 21.1. The van der Waals surface area contributed by atoms with Gasteiger partial charge in [-0.05, 0) is 79.3 Å². The van der Waals surface area contributed by atoms with E-state index in [2.05, 4.69) is 69.9 Å². The Bertz CT molecular complexity index is 1040. The minimum Gasteiger partial charge on any atom is -0.544 e. The van der Waals surface area contributed by atoms with E-state index in [0.717, 1.165) is 23.0 Å². The average molecular weight is 481 g/mol. The minimum absolute atomic E-state index is 0.136. The van der Waals surface area contributed by atoms with Gasteiger partial charge < -0.3 is 18.0 Å². The van der Waals surface area contributed by atoms with E-state index in [1.54, 1.807) is 7.11 Å². The molecule has 0 atom stereocenters. The van der Waals surface area contributed by atoms with Crippen LogP contribution in [-0.4, -0.2) is 24.0 Å². The van der Waals surface area contributed by atoms with E-state index < -0.39 is 16.9 Å². The van der Waals surface area contributed by atoms with Crippen LogP contribution in [0.1, 0.15) is 25.0 Å². The van der Waals surface area contributed by atoms with Gasteiger partial charge >= 0.3 is 8.56 Å². The molecule has 3 aromatic rings. The molecule has 33 heavy (non-hydrogen) atoms. The fraction of sp³-hybridized carbons (Fsp3) is 0.333. The Balaban J connectivity index is 1.69. The first kappa shape index (κ1) is 24.9. The summed E-state index contributed by atoms with van der Waals surface area (Å²) in [6.07, 6.45) is 0. The Labute approximate surface area is 200 Å². The Morgan fingerprint density at radius 1 is 0.515 bits per heavy atom. The van der Waals surface area contributed by atoms with Gasteiger partial charge in [0.15, 0.2) is 0 Å². The Kier molecular flexibility index (Phi) is 7.29. The molecule has 4 nitrogen and oxygen atoms in total. The van der Waals surface area contributed by atoms with Crippen molar-refractivity contribution in [2.75, 3.05) is 7.11 Å². The maximum absolute atomic E-state index is 6.27. The van der Waals surface area contributed by atoms with Crippen molar-refractivity contribution in [3.8, 4) is 23.0 Å². The van der Waals surface area contributed by atoms with E-state index in [1.165, 1.54) is 11.1 Å². The maximum atomic E-state index is 6.27. The smallest absolute Gasteiger partial charge is 0.454 e. The number of ether oxygens (including phenoxy) is 1. The highest BCUT2D eigenvalue weighted by Gasteiger charge is 2.30. The summed E-state index contributed by atoms with van der Waals surface area (Å²) in [5.74, 6) is 3.35. The molecule has 0 saturated carbocycles. The van der Waals surface area contributed by atoms with Gasteiger partial charge in [0, 0.05) is 18.5 Å². The van der Waals surface area contributed by atoms with E-state index in [4.69, 9.17) is 18.0 Å². The molecule has 0 amide bonds. The van der Waals surface area contributed by atoms with Crippen molar-refractivity contribution in [3.05, 3.63) is 83.9 Å². The third kappa shape index (κ3) is 6.89. The molecule has 6 heteroatoms. The van der Waals surface area contributed by atoms with Gasteiger partial charge in [0.05, 0.1) is 7.11 Å². The number of benzene rings is 3. The first-order valence-electron chi connectivity index (χ1n) is 11.3. The molecule has 0 N–H and O–H groups in total. The summed E-state index contributed by atoms with van der Waals surface area (Å²) >= 11 is 0. The van der Waals surface area contributed by atoms with Crippen LogP contribution < -0.4 is 18.0 Å². The lowest BCUT2D eigenvalue weighted by molar-refractivity contribution is 0.395. The van der Waals surface area contributed by atoms with Crippen molar-refractivity contribution in [1.82, 2.24) is 0 Å². The van der Waals surface area contributed by atoms with Crippen LogP contribution in [0.25, 0.3) is 0 Å².